The summed E-state index contributed by atoms with van der Waals surface area (Å²) < 4.78 is 0. The lowest BCUT2D eigenvalue weighted by atomic mass is 9.99. The quantitative estimate of drug-likeness (QED) is 0.638. The average molecular weight is 243 g/mol. The van der Waals surface area contributed by atoms with Gasteiger partial charge in [-0.25, -0.2) is 0 Å². The fourth-order valence-corrected chi connectivity index (χ4v) is 3.23. The zero-order valence-corrected chi connectivity index (χ0v) is 10.8. The van der Waals surface area contributed by atoms with Gasteiger partial charge in [0.25, 0.3) is 0 Å². The van der Waals surface area contributed by atoms with E-state index in [4.69, 9.17) is 10.7 Å². The van der Waals surface area contributed by atoms with Crippen molar-refractivity contribution >= 4 is 5.84 Å². The largest absolute Gasteiger partial charge is 0.383 e. The first kappa shape index (κ1) is 11.7. The minimum atomic E-state index is 0.408. The molecule has 0 spiro atoms. The molecule has 2 fully saturated rings. The molecule has 96 valence electrons. The van der Waals surface area contributed by atoms with Gasteiger partial charge in [-0.05, 0) is 25.8 Å². The summed E-state index contributed by atoms with van der Waals surface area (Å²) in [5, 5.41) is 0. The topological polar surface area (TPSA) is 41.6 Å². The Kier molecular flexibility index (Phi) is 3.33. The van der Waals surface area contributed by atoms with Gasteiger partial charge in [0.15, 0.2) is 0 Å². The molecule has 1 aromatic carbocycles. The molecular weight excluding hydrogens is 222 g/mol. The summed E-state index contributed by atoms with van der Waals surface area (Å²) in [5.41, 5.74) is 7.18. The molecule has 2 aliphatic heterocycles. The van der Waals surface area contributed by atoms with Crippen molar-refractivity contribution in [2.45, 2.75) is 37.8 Å². The molecule has 0 amide bonds. The van der Waals surface area contributed by atoms with Crippen LogP contribution in [-0.4, -0.2) is 35.9 Å². The summed E-state index contributed by atoms with van der Waals surface area (Å²) in [6, 6.07) is 11.2. The first-order valence-electron chi connectivity index (χ1n) is 6.97. The highest BCUT2D eigenvalue weighted by Crippen LogP contribution is 2.29. The van der Waals surface area contributed by atoms with E-state index in [0.29, 0.717) is 17.9 Å². The maximum atomic E-state index is 6.13. The van der Waals surface area contributed by atoms with Gasteiger partial charge in [0.2, 0.25) is 0 Å². The molecule has 18 heavy (non-hydrogen) atoms. The van der Waals surface area contributed by atoms with E-state index in [1.807, 2.05) is 30.3 Å². The number of nitrogens with zero attached hydrogens (tertiary/aromatic N) is 2. The summed E-state index contributed by atoms with van der Waals surface area (Å²) in [7, 11) is 0. The normalized spacial score (nSPS) is 29.2. The summed E-state index contributed by atoms with van der Waals surface area (Å²) in [6.07, 6.45) is 5.15. The molecule has 0 saturated carbocycles. The number of rotatable bonds is 2. The highest BCUT2D eigenvalue weighted by Gasteiger charge is 2.35. The number of benzene rings is 1. The van der Waals surface area contributed by atoms with Crippen molar-refractivity contribution in [3.8, 4) is 0 Å². The highest BCUT2D eigenvalue weighted by atomic mass is 15.2. The zero-order chi connectivity index (χ0) is 12.4. The van der Waals surface area contributed by atoms with Gasteiger partial charge in [0.05, 0.1) is 6.04 Å². The number of nitrogens with two attached hydrogens (primary N) is 1. The third-order valence-corrected chi connectivity index (χ3v) is 4.19. The summed E-state index contributed by atoms with van der Waals surface area (Å²) >= 11 is 0. The van der Waals surface area contributed by atoms with Gasteiger partial charge in [-0.3, -0.25) is 9.89 Å². The van der Waals surface area contributed by atoms with Crippen molar-refractivity contribution in [2.24, 2.45) is 10.7 Å². The van der Waals surface area contributed by atoms with Crippen LogP contribution in [0.25, 0.3) is 0 Å². The van der Waals surface area contributed by atoms with Crippen LogP contribution in [0.3, 0.4) is 0 Å². The second-order valence-electron chi connectivity index (χ2n) is 5.34. The minimum Gasteiger partial charge on any atom is -0.383 e. The van der Waals surface area contributed by atoms with Crippen molar-refractivity contribution in [2.75, 3.05) is 13.1 Å². The van der Waals surface area contributed by atoms with Crippen molar-refractivity contribution in [1.29, 1.82) is 0 Å². The monoisotopic (exact) mass is 243 g/mol. The van der Waals surface area contributed by atoms with Gasteiger partial charge in [0.1, 0.15) is 5.84 Å². The molecule has 0 bridgehead atoms. The van der Waals surface area contributed by atoms with E-state index in [1.165, 1.54) is 32.4 Å². The maximum Gasteiger partial charge on any atom is 0.125 e. The third-order valence-electron chi connectivity index (χ3n) is 4.19. The lowest BCUT2D eigenvalue weighted by Crippen LogP contribution is -2.39. The van der Waals surface area contributed by atoms with E-state index in [0.717, 1.165) is 12.0 Å². The van der Waals surface area contributed by atoms with Crippen LogP contribution in [0, 0.1) is 0 Å². The standard InChI is InChI=1S/C15H21N3/c16-15(12-6-2-1-3-7-12)17-13-9-11-18-10-5-4-8-14(13)18/h1-3,6-7,13-14H,4-5,8-11H2,(H2,16,17). The van der Waals surface area contributed by atoms with E-state index in [2.05, 4.69) is 4.90 Å². The SMILES string of the molecule is NC(=NC1CCN2CCCCC12)c1ccccc1. The molecule has 0 aliphatic carbocycles. The van der Waals surface area contributed by atoms with Crippen molar-refractivity contribution in [1.82, 2.24) is 4.90 Å². The second kappa shape index (κ2) is 5.11. The Hall–Kier alpha value is -1.35. The molecule has 2 atom stereocenters. The average Bonchev–Trinajstić information content (AvgIpc) is 2.83. The Morgan fingerprint density at radius 1 is 1.11 bits per heavy atom. The second-order valence-corrected chi connectivity index (χ2v) is 5.34. The number of aliphatic imine (C=N–C) groups is 1. The first-order chi connectivity index (χ1) is 8.84. The van der Waals surface area contributed by atoms with E-state index < -0.39 is 0 Å². The number of fused-ring (bicyclic) bond motifs is 1. The minimum absolute atomic E-state index is 0.408. The third kappa shape index (κ3) is 2.27. The molecule has 2 N–H and O–H groups in total. The lowest BCUT2D eigenvalue weighted by molar-refractivity contribution is 0.190. The van der Waals surface area contributed by atoms with Crippen molar-refractivity contribution in [3.63, 3.8) is 0 Å². The van der Waals surface area contributed by atoms with E-state index in [1.54, 1.807) is 0 Å². The predicted octanol–water partition coefficient (Wildman–Crippen LogP) is 2.02. The number of piperidine rings is 1. The van der Waals surface area contributed by atoms with Gasteiger partial charge < -0.3 is 5.73 Å². The van der Waals surface area contributed by atoms with Crippen LogP contribution in [0.5, 0.6) is 0 Å². The smallest absolute Gasteiger partial charge is 0.125 e. The Balaban J connectivity index is 1.76. The molecule has 0 aromatic heterocycles. The lowest BCUT2D eigenvalue weighted by Gasteiger charge is -2.31. The van der Waals surface area contributed by atoms with Crippen LogP contribution in [-0.2, 0) is 0 Å². The van der Waals surface area contributed by atoms with Crippen molar-refractivity contribution < 1.29 is 0 Å². The van der Waals surface area contributed by atoms with Crippen LogP contribution in [0.1, 0.15) is 31.2 Å². The number of hydrogen-bond donors (Lipinski definition) is 1. The summed E-state index contributed by atoms with van der Waals surface area (Å²) in [6.45, 7) is 2.45. The number of hydrogen-bond acceptors (Lipinski definition) is 2. The summed E-state index contributed by atoms with van der Waals surface area (Å²) in [4.78, 5) is 7.38. The summed E-state index contributed by atoms with van der Waals surface area (Å²) in [5.74, 6) is 0.702. The molecule has 2 aliphatic rings. The van der Waals surface area contributed by atoms with Gasteiger partial charge in [-0.1, -0.05) is 36.8 Å². The molecule has 2 heterocycles. The predicted molar refractivity (Wildman–Crippen MR) is 74.8 cm³/mol. The Bertz CT molecular complexity index is 427. The molecule has 2 saturated heterocycles. The molecule has 3 heteroatoms. The van der Waals surface area contributed by atoms with Gasteiger partial charge >= 0.3 is 0 Å². The van der Waals surface area contributed by atoms with Crippen LogP contribution in [0.4, 0.5) is 0 Å². The number of amidine groups is 1. The Morgan fingerprint density at radius 2 is 1.94 bits per heavy atom. The van der Waals surface area contributed by atoms with Crippen LogP contribution in [0.15, 0.2) is 35.3 Å². The Labute approximate surface area is 109 Å². The van der Waals surface area contributed by atoms with Gasteiger partial charge in [-0.15, -0.1) is 0 Å². The van der Waals surface area contributed by atoms with E-state index >= 15 is 0 Å². The molecule has 0 radical (unpaired) electrons. The van der Waals surface area contributed by atoms with E-state index in [9.17, 15) is 0 Å². The molecule has 3 nitrogen and oxygen atoms in total. The fourth-order valence-electron chi connectivity index (χ4n) is 3.23. The molecule has 2 unspecified atom stereocenters. The van der Waals surface area contributed by atoms with E-state index in [-0.39, 0.29) is 0 Å². The van der Waals surface area contributed by atoms with Gasteiger partial charge in [-0.2, -0.15) is 0 Å². The van der Waals surface area contributed by atoms with Gasteiger partial charge in [0, 0.05) is 18.2 Å². The van der Waals surface area contributed by atoms with Crippen LogP contribution >= 0.6 is 0 Å². The molecular formula is C15H21N3. The maximum absolute atomic E-state index is 6.13. The molecule has 1 aromatic rings. The van der Waals surface area contributed by atoms with Crippen LogP contribution in [0.2, 0.25) is 0 Å². The van der Waals surface area contributed by atoms with Crippen LogP contribution < -0.4 is 5.73 Å². The highest BCUT2D eigenvalue weighted by molar-refractivity contribution is 5.97. The zero-order valence-electron chi connectivity index (χ0n) is 10.8. The molecule has 3 rings (SSSR count). The first-order valence-corrected chi connectivity index (χ1v) is 6.97. The van der Waals surface area contributed by atoms with Crippen molar-refractivity contribution in [3.05, 3.63) is 35.9 Å². The Morgan fingerprint density at radius 3 is 2.78 bits per heavy atom. The fraction of sp³-hybridized carbons (Fsp3) is 0.533.